The number of carbonyl (C=O) groups excluding carboxylic acids is 2. The van der Waals surface area contributed by atoms with Crippen molar-refractivity contribution in [1.29, 1.82) is 5.26 Å². The first-order chi connectivity index (χ1) is 16.7. The molecule has 9 nitrogen and oxygen atoms in total. The molecule has 0 atom stereocenters. The van der Waals surface area contributed by atoms with Crippen LogP contribution < -0.4 is 14.8 Å². The average molecular weight is 604 g/mol. The number of nitrogens with zero attached hydrogens (tertiary/aromatic N) is 2. The predicted molar refractivity (Wildman–Crippen MR) is 137 cm³/mol. The van der Waals surface area contributed by atoms with Crippen molar-refractivity contribution in [2.75, 3.05) is 12.4 Å². The monoisotopic (exact) mass is 603 g/mol. The molecule has 3 rings (SSSR count). The molecular weight excluding hydrogens is 589 g/mol. The van der Waals surface area contributed by atoms with Gasteiger partial charge in [-0.3, -0.25) is 14.9 Å². The van der Waals surface area contributed by atoms with E-state index in [1.807, 2.05) is 22.6 Å². The molecule has 0 aliphatic carbocycles. The van der Waals surface area contributed by atoms with Crippen molar-refractivity contribution in [3.8, 4) is 17.6 Å². The maximum Gasteiger partial charge on any atom is 0.343 e. The van der Waals surface area contributed by atoms with Crippen LogP contribution in [0.15, 0.2) is 66.2 Å². The highest BCUT2D eigenvalue weighted by molar-refractivity contribution is 14.1. The lowest BCUT2D eigenvalue weighted by Gasteiger charge is -2.12. The molecule has 0 unspecified atom stereocenters. The fourth-order valence-electron chi connectivity index (χ4n) is 2.88. The zero-order valence-corrected chi connectivity index (χ0v) is 20.9. The number of benzene rings is 3. The van der Waals surface area contributed by atoms with E-state index >= 15 is 0 Å². The van der Waals surface area contributed by atoms with Crippen LogP contribution >= 0.6 is 34.2 Å². The van der Waals surface area contributed by atoms with Crippen LogP contribution in [0, 0.1) is 25.0 Å². The van der Waals surface area contributed by atoms with Crippen molar-refractivity contribution < 1.29 is 24.0 Å². The highest BCUT2D eigenvalue weighted by atomic mass is 127. The number of carbonyl (C=O) groups is 2. The van der Waals surface area contributed by atoms with E-state index in [2.05, 4.69) is 5.32 Å². The number of halogens is 2. The van der Waals surface area contributed by atoms with E-state index in [1.165, 1.54) is 31.4 Å². The minimum absolute atomic E-state index is 0.0117. The van der Waals surface area contributed by atoms with Crippen LogP contribution in [-0.4, -0.2) is 23.9 Å². The number of non-ortho nitro benzene ring substituents is 1. The second kappa shape index (κ2) is 11.5. The summed E-state index contributed by atoms with van der Waals surface area (Å²) in [5.74, 6) is -0.989. The topological polar surface area (TPSA) is 132 Å². The summed E-state index contributed by atoms with van der Waals surface area (Å²) in [6, 6.07) is 16.9. The molecule has 0 saturated carbocycles. The lowest BCUT2D eigenvalue weighted by molar-refractivity contribution is -0.384. The van der Waals surface area contributed by atoms with Crippen molar-refractivity contribution in [1.82, 2.24) is 0 Å². The molecule has 1 amide bonds. The Bertz CT molecular complexity index is 1390. The number of ether oxygens (including phenoxy) is 2. The van der Waals surface area contributed by atoms with Crippen LogP contribution in [0.2, 0.25) is 5.02 Å². The van der Waals surface area contributed by atoms with E-state index in [9.17, 15) is 25.0 Å². The maximum atomic E-state index is 12.7. The van der Waals surface area contributed by atoms with Gasteiger partial charge >= 0.3 is 5.97 Å². The Balaban J connectivity index is 1.88. The molecule has 3 aromatic carbocycles. The quantitative estimate of drug-likeness (QED) is 0.0705. The summed E-state index contributed by atoms with van der Waals surface area (Å²) in [5, 5.41) is 23.0. The fraction of sp³-hybridized carbons (Fsp3) is 0.0417. The van der Waals surface area contributed by atoms with Gasteiger partial charge in [-0.1, -0.05) is 29.8 Å². The number of nitro benzene ring substituents is 1. The Kier molecular flexibility index (Phi) is 8.40. The number of nitriles is 1. The Labute approximate surface area is 218 Å². The van der Waals surface area contributed by atoms with Gasteiger partial charge in [0.2, 0.25) is 0 Å². The molecule has 0 spiro atoms. The van der Waals surface area contributed by atoms with Gasteiger partial charge in [0.1, 0.15) is 11.6 Å². The molecule has 1 N–H and O–H groups in total. The number of anilines is 1. The lowest BCUT2D eigenvalue weighted by Crippen LogP contribution is -2.14. The van der Waals surface area contributed by atoms with Gasteiger partial charge in [-0.2, -0.15) is 5.26 Å². The largest absolute Gasteiger partial charge is 0.493 e. The third-order valence-corrected chi connectivity index (χ3v) is 5.67. The summed E-state index contributed by atoms with van der Waals surface area (Å²) in [5.41, 5.74) is 0.203. The molecule has 11 heteroatoms. The number of esters is 1. The SMILES string of the molecule is COc1cc(/C=C(\C#N)C(=O)Nc2cc([N+](=O)[O-])ccc2Cl)cc(I)c1OC(=O)c1ccccc1. The van der Waals surface area contributed by atoms with Crippen molar-refractivity contribution >= 4 is 63.5 Å². The molecule has 3 aromatic rings. The van der Waals surface area contributed by atoms with E-state index < -0.39 is 16.8 Å². The van der Waals surface area contributed by atoms with E-state index in [4.69, 9.17) is 21.1 Å². The Morgan fingerprint density at radius 2 is 1.89 bits per heavy atom. The third kappa shape index (κ3) is 6.34. The van der Waals surface area contributed by atoms with Gasteiger partial charge in [-0.25, -0.2) is 4.79 Å². The van der Waals surface area contributed by atoms with E-state index in [0.29, 0.717) is 14.7 Å². The van der Waals surface area contributed by atoms with Crippen molar-refractivity contribution in [2.45, 2.75) is 0 Å². The number of nitro groups is 1. The third-order valence-electron chi connectivity index (χ3n) is 4.54. The summed E-state index contributed by atoms with van der Waals surface area (Å²) >= 11 is 7.96. The summed E-state index contributed by atoms with van der Waals surface area (Å²) in [4.78, 5) is 35.5. The first kappa shape index (κ1) is 25.7. The number of methoxy groups -OCH3 is 1. The summed E-state index contributed by atoms with van der Waals surface area (Å²) in [6.07, 6.45) is 1.30. The molecule has 0 bridgehead atoms. The van der Waals surface area contributed by atoms with Crippen LogP contribution in [0.25, 0.3) is 6.08 Å². The van der Waals surface area contributed by atoms with Gasteiger partial charge < -0.3 is 14.8 Å². The Morgan fingerprint density at radius 1 is 1.17 bits per heavy atom. The van der Waals surface area contributed by atoms with E-state index in [1.54, 1.807) is 42.5 Å². The number of rotatable bonds is 7. The van der Waals surface area contributed by atoms with Crippen LogP contribution in [0.5, 0.6) is 11.5 Å². The highest BCUT2D eigenvalue weighted by Gasteiger charge is 2.18. The molecule has 176 valence electrons. The number of nitrogens with one attached hydrogen (secondary N) is 1. The van der Waals surface area contributed by atoms with Gasteiger partial charge in [0.05, 0.1) is 31.9 Å². The standard InChI is InChI=1S/C24H15ClIN3O6/c1-34-21-11-14(10-19(26)22(21)35-24(31)15-5-3-2-4-6-15)9-16(13-27)23(30)28-20-12-17(29(32)33)7-8-18(20)25/h2-12H,1H3,(H,28,30)/b16-9+. The van der Waals surface area contributed by atoms with Gasteiger partial charge in [-0.05, 0) is 64.6 Å². The highest BCUT2D eigenvalue weighted by Crippen LogP contribution is 2.35. The molecule has 0 fully saturated rings. The second-order valence-corrected chi connectivity index (χ2v) is 8.40. The zero-order valence-electron chi connectivity index (χ0n) is 18.0. The van der Waals surface area contributed by atoms with E-state index in [0.717, 1.165) is 6.07 Å². The fourth-order valence-corrected chi connectivity index (χ4v) is 3.78. The van der Waals surface area contributed by atoms with Crippen LogP contribution in [0.4, 0.5) is 11.4 Å². The zero-order chi connectivity index (χ0) is 25.5. The van der Waals surface area contributed by atoms with Gasteiger partial charge in [0.25, 0.3) is 11.6 Å². The molecule has 0 saturated heterocycles. The second-order valence-electron chi connectivity index (χ2n) is 6.83. The smallest absolute Gasteiger partial charge is 0.343 e. The minimum Gasteiger partial charge on any atom is -0.493 e. The Hall–Kier alpha value is -3.95. The number of hydrogen-bond acceptors (Lipinski definition) is 7. The van der Waals surface area contributed by atoms with Crippen molar-refractivity contribution in [2.24, 2.45) is 0 Å². The van der Waals surface area contributed by atoms with E-state index in [-0.39, 0.29) is 33.5 Å². The summed E-state index contributed by atoms with van der Waals surface area (Å²) in [6.45, 7) is 0. The van der Waals surface area contributed by atoms with Gasteiger partial charge in [-0.15, -0.1) is 0 Å². The lowest BCUT2D eigenvalue weighted by atomic mass is 10.1. The normalized spacial score (nSPS) is 10.7. The van der Waals surface area contributed by atoms with Gasteiger partial charge in [0.15, 0.2) is 11.5 Å². The minimum atomic E-state index is -0.816. The molecule has 35 heavy (non-hydrogen) atoms. The first-order valence-electron chi connectivity index (χ1n) is 9.75. The molecule has 0 aliphatic heterocycles. The molecule has 0 aromatic heterocycles. The molecule has 0 heterocycles. The maximum absolute atomic E-state index is 12.7. The van der Waals surface area contributed by atoms with Crippen molar-refractivity contribution in [3.05, 3.63) is 96.1 Å². The Morgan fingerprint density at radius 3 is 2.51 bits per heavy atom. The predicted octanol–water partition coefficient (Wildman–Crippen LogP) is 5.63. The molecule has 0 radical (unpaired) electrons. The number of amides is 1. The van der Waals surface area contributed by atoms with Gasteiger partial charge in [0, 0.05) is 12.1 Å². The van der Waals surface area contributed by atoms with Crippen molar-refractivity contribution in [3.63, 3.8) is 0 Å². The molecule has 0 aliphatic rings. The van der Waals surface area contributed by atoms with Crippen LogP contribution in [-0.2, 0) is 4.79 Å². The average Bonchev–Trinajstić information content (AvgIpc) is 2.85. The number of hydrogen-bond donors (Lipinski definition) is 1. The van der Waals surface area contributed by atoms with Crippen LogP contribution in [0.1, 0.15) is 15.9 Å². The molecular formula is C24H15ClIN3O6. The van der Waals surface area contributed by atoms with Crippen LogP contribution in [0.3, 0.4) is 0 Å². The first-order valence-corrected chi connectivity index (χ1v) is 11.2. The summed E-state index contributed by atoms with van der Waals surface area (Å²) in [7, 11) is 1.39. The summed E-state index contributed by atoms with van der Waals surface area (Å²) < 4.78 is 11.4.